The molecule has 2 aromatic carbocycles. The molecule has 0 N–H and O–H groups in total. The van der Waals surface area contributed by atoms with Gasteiger partial charge in [0.1, 0.15) is 11.6 Å². The van der Waals surface area contributed by atoms with Crippen LogP contribution in [0.4, 0.5) is 10.1 Å². The van der Waals surface area contributed by atoms with Crippen LogP contribution in [0.2, 0.25) is 0 Å². The number of oxazole rings is 1. The molecule has 0 saturated heterocycles. The number of amides is 1. The van der Waals surface area contributed by atoms with Gasteiger partial charge in [-0.2, -0.15) is 0 Å². The highest BCUT2D eigenvalue weighted by molar-refractivity contribution is 5.90. The summed E-state index contributed by atoms with van der Waals surface area (Å²) in [6.45, 7) is 1.65. The third-order valence-electron chi connectivity index (χ3n) is 3.72. The highest BCUT2D eigenvalue weighted by Crippen LogP contribution is 2.23. The molecule has 0 spiro atoms. The van der Waals surface area contributed by atoms with Crippen LogP contribution in [0.1, 0.15) is 12.8 Å². The molecular formula is C19H17FN2O3. The number of aromatic nitrogens is 1. The van der Waals surface area contributed by atoms with Gasteiger partial charge in [-0.1, -0.05) is 12.1 Å². The highest BCUT2D eigenvalue weighted by atomic mass is 19.1. The molecule has 0 aliphatic carbocycles. The Labute approximate surface area is 144 Å². The monoisotopic (exact) mass is 340 g/mol. The van der Waals surface area contributed by atoms with Crippen LogP contribution >= 0.6 is 0 Å². The molecule has 0 radical (unpaired) electrons. The van der Waals surface area contributed by atoms with E-state index in [0.717, 1.165) is 5.69 Å². The van der Waals surface area contributed by atoms with Crippen LogP contribution < -0.4 is 9.64 Å². The summed E-state index contributed by atoms with van der Waals surface area (Å²) in [4.78, 5) is 17.0. The average Bonchev–Trinajstić information content (AvgIpc) is 3.09. The number of carbonyl (C=O) groups excluding carboxylic acids is 1. The molecule has 1 aromatic heterocycles. The quantitative estimate of drug-likeness (QED) is 0.703. The second-order valence-electron chi connectivity index (χ2n) is 5.49. The van der Waals surface area contributed by atoms with Crippen LogP contribution in [-0.4, -0.2) is 17.9 Å². The molecule has 1 amide bonds. The third-order valence-corrected chi connectivity index (χ3v) is 3.72. The molecule has 3 aromatic rings. The van der Waals surface area contributed by atoms with Gasteiger partial charge < -0.3 is 14.1 Å². The van der Waals surface area contributed by atoms with Crippen LogP contribution in [0, 0.1) is 5.82 Å². The van der Waals surface area contributed by atoms with E-state index in [1.807, 2.05) is 0 Å². The first-order chi connectivity index (χ1) is 12.0. The minimum atomic E-state index is -0.331. The molecule has 0 atom stereocenters. The number of carbonyl (C=O) groups is 1. The maximum Gasteiger partial charge on any atom is 0.232 e. The van der Waals surface area contributed by atoms with E-state index >= 15 is 0 Å². The smallest absolute Gasteiger partial charge is 0.232 e. The van der Waals surface area contributed by atoms with Crippen LogP contribution in [0.25, 0.3) is 11.3 Å². The molecular weight excluding hydrogens is 323 g/mol. The number of halogens is 1. The summed E-state index contributed by atoms with van der Waals surface area (Å²) in [6, 6.07) is 13.2. The van der Waals surface area contributed by atoms with Crippen molar-refractivity contribution in [2.75, 3.05) is 11.9 Å². The van der Waals surface area contributed by atoms with E-state index in [0.29, 0.717) is 23.0 Å². The molecule has 6 heteroatoms. The third kappa shape index (κ3) is 4.03. The van der Waals surface area contributed by atoms with Gasteiger partial charge in [-0.05, 0) is 36.4 Å². The maximum absolute atomic E-state index is 13.3. The van der Waals surface area contributed by atoms with Gasteiger partial charge >= 0.3 is 0 Å². The Morgan fingerprint density at radius 2 is 2.00 bits per heavy atom. The molecule has 0 bridgehead atoms. The molecule has 128 valence electrons. The topological polar surface area (TPSA) is 55.6 Å². The molecule has 25 heavy (non-hydrogen) atoms. The van der Waals surface area contributed by atoms with E-state index in [9.17, 15) is 9.18 Å². The Kier molecular flexibility index (Phi) is 4.79. The molecule has 1 heterocycles. The van der Waals surface area contributed by atoms with Crippen molar-refractivity contribution >= 4 is 11.6 Å². The van der Waals surface area contributed by atoms with Gasteiger partial charge in [-0.3, -0.25) is 4.79 Å². The molecule has 0 unspecified atom stereocenters. The Hall–Kier alpha value is -3.15. The summed E-state index contributed by atoms with van der Waals surface area (Å²) in [6.07, 6.45) is 1.54. The Morgan fingerprint density at radius 1 is 1.24 bits per heavy atom. The van der Waals surface area contributed by atoms with Crippen molar-refractivity contribution in [1.82, 2.24) is 4.98 Å². The SMILES string of the molecule is CC(=O)N(C)c1ccc(OCc2ncc(-c3cccc(F)c3)o2)cc1. The lowest BCUT2D eigenvalue weighted by Gasteiger charge is -2.15. The first-order valence-electron chi connectivity index (χ1n) is 7.71. The van der Waals surface area contributed by atoms with Crippen LogP contribution in [0.15, 0.2) is 59.1 Å². The standard InChI is InChI=1S/C19H17FN2O3/c1-13(23)22(2)16-6-8-17(9-7-16)24-12-19-21-11-18(25-19)14-4-3-5-15(20)10-14/h3-11H,12H2,1-2H3. The molecule has 0 fully saturated rings. The second-order valence-corrected chi connectivity index (χ2v) is 5.49. The van der Waals surface area contributed by atoms with Crippen molar-refractivity contribution in [2.24, 2.45) is 0 Å². The second kappa shape index (κ2) is 7.17. The number of rotatable bonds is 5. The van der Waals surface area contributed by atoms with Gasteiger partial charge in [-0.25, -0.2) is 9.37 Å². The minimum Gasteiger partial charge on any atom is -0.484 e. The van der Waals surface area contributed by atoms with Crippen LogP contribution in [0.3, 0.4) is 0 Å². The minimum absolute atomic E-state index is 0.0432. The molecule has 0 aliphatic heterocycles. The molecule has 0 saturated carbocycles. The normalized spacial score (nSPS) is 10.5. The summed E-state index contributed by atoms with van der Waals surface area (Å²) in [5.74, 6) is 1.13. The zero-order valence-electron chi connectivity index (χ0n) is 13.9. The van der Waals surface area contributed by atoms with Crippen LogP contribution in [-0.2, 0) is 11.4 Å². The van der Waals surface area contributed by atoms with E-state index in [2.05, 4.69) is 4.98 Å². The maximum atomic E-state index is 13.3. The number of benzene rings is 2. The molecule has 3 rings (SSSR count). The number of ether oxygens (including phenoxy) is 1. The predicted octanol–water partition coefficient (Wildman–Crippen LogP) is 4.04. The number of hydrogen-bond donors (Lipinski definition) is 0. The zero-order chi connectivity index (χ0) is 17.8. The van der Waals surface area contributed by atoms with Gasteiger partial charge in [0, 0.05) is 25.2 Å². The number of nitrogens with zero attached hydrogens (tertiary/aromatic N) is 2. The van der Waals surface area contributed by atoms with Crippen molar-refractivity contribution < 1.29 is 18.3 Å². The Morgan fingerprint density at radius 3 is 2.68 bits per heavy atom. The number of hydrogen-bond acceptors (Lipinski definition) is 4. The molecule has 0 aliphatic rings. The number of anilines is 1. The van der Waals surface area contributed by atoms with Crippen molar-refractivity contribution in [2.45, 2.75) is 13.5 Å². The Balaban J connectivity index is 1.63. The lowest BCUT2D eigenvalue weighted by molar-refractivity contribution is -0.116. The fourth-order valence-electron chi connectivity index (χ4n) is 2.25. The van der Waals surface area contributed by atoms with E-state index < -0.39 is 0 Å². The van der Waals surface area contributed by atoms with E-state index in [1.165, 1.54) is 19.1 Å². The lowest BCUT2D eigenvalue weighted by atomic mass is 10.2. The summed E-state index contributed by atoms with van der Waals surface area (Å²) < 4.78 is 24.5. The fraction of sp³-hybridized carbons (Fsp3) is 0.158. The summed E-state index contributed by atoms with van der Waals surface area (Å²) in [7, 11) is 1.71. The summed E-state index contributed by atoms with van der Waals surface area (Å²) in [5.41, 5.74) is 1.40. The Bertz CT molecular complexity index is 874. The van der Waals surface area contributed by atoms with Crippen molar-refractivity contribution in [3.05, 3.63) is 66.4 Å². The van der Waals surface area contributed by atoms with Crippen molar-refractivity contribution in [1.29, 1.82) is 0 Å². The van der Waals surface area contributed by atoms with E-state index in [-0.39, 0.29) is 18.3 Å². The first-order valence-corrected chi connectivity index (χ1v) is 7.71. The van der Waals surface area contributed by atoms with E-state index in [1.54, 1.807) is 54.5 Å². The average molecular weight is 340 g/mol. The zero-order valence-corrected chi connectivity index (χ0v) is 13.9. The van der Waals surface area contributed by atoms with Crippen LogP contribution in [0.5, 0.6) is 5.75 Å². The summed E-state index contributed by atoms with van der Waals surface area (Å²) in [5, 5.41) is 0. The molecule has 5 nitrogen and oxygen atoms in total. The largest absolute Gasteiger partial charge is 0.484 e. The summed E-state index contributed by atoms with van der Waals surface area (Å²) >= 11 is 0. The van der Waals surface area contributed by atoms with Crippen molar-refractivity contribution in [3.63, 3.8) is 0 Å². The fourth-order valence-corrected chi connectivity index (χ4v) is 2.25. The van der Waals surface area contributed by atoms with Gasteiger partial charge in [-0.15, -0.1) is 0 Å². The van der Waals surface area contributed by atoms with Gasteiger partial charge in [0.25, 0.3) is 0 Å². The first kappa shape index (κ1) is 16.7. The van der Waals surface area contributed by atoms with Crippen molar-refractivity contribution in [3.8, 4) is 17.1 Å². The van der Waals surface area contributed by atoms with E-state index in [4.69, 9.17) is 9.15 Å². The van der Waals surface area contributed by atoms with Gasteiger partial charge in [0.15, 0.2) is 12.4 Å². The highest BCUT2D eigenvalue weighted by Gasteiger charge is 2.09. The lowest BCUT2D eigenvalue weighted by Crippen LogP contribution is -2.22. The van der Waals surface area contributed by atoms with Gasteiger partial charge in [0.2, 0.25) is 11.8 Å². The van der Waals surface area contributed by atoms with Gasteiger partial charge in [0.05, 0.1) is 6.20 Å². The predicted molar refractivity (Wildman–Crippen MR) is 91.8 cm³/mol.